The fourth-order valence-electron chi connectivity index (χ4n) is 2.18. The van der Waals surface area contributed by atoms with Crippen LogP contribution in [0.25, 0.3) is 0 Å². The van der Waals surface area contributed by atoms with Gasteiger partial charge in [-0.05, 0) is 49.2 Å². The fraction of sp³-hybridized carbons (Fsp3) is 0.263. The van der Waals surface area contributed by atoms with Crippen LogP contribution in [0.15, 0.2) is 41.6 Å². The number of oxime groups is 1. The molecule has 132 valence electrons. The lowest BCUT2D eigenvalue weighted by Gasteiger charge is -2.08. The maximum atomic E-state index is 11.9. The van der Waals surface area contributed by atoms with Gasteiger partial charge in [-0.25, -0.2) is 0 Å². The van der Waals surface area contributed by atoms with Crippen molar-refractivity contribution in [1.29, 1.82) is 0 Å². The Bertz CT molecular complexity index is 772. The van der Waals surface area contributed by atoms with Gasteiger partial charge in [-0.3, -0.25) is 4.79 Å². The van der Waals surface area contributed by atoms with Gasteiger partial charge in [0.15, 0.2) is 18.1 Å². The van der Waals surface area contributed by atoms with Crippen LogP contribution in [0.5, 0.6) is 11.5 Å². The van der Waals surface area contributed by atoms with Crippen LogP contribution in [0.2, 0.25) is 0 Å². The van der Waals surface area contributed by atoms with Crippen molar-refractivity contribution in [3.05, 3.63) is 53.1 Å². The number of nitrogens with one attached hydrogen (secondary N) is 1. The minimum Gasteiger partial charge on any atom is -0.493 e. The van der Waals surface area contributed by atoms with Crippen molar-refractivity contribution in [2.45, 2.75) is 13.8 Å². The predicted octanol–water partition coefficient (Wildman–Crippen LogP) is 3.31. The highest BCUT2D eigenvalue weighted by molar-refractivity contribution is 5.92. The molecule has 25 heavy (non-hydrogen) atoms. The van der Waals surface area contributed by atoms with Crippen molar-refractivity contribution in [2.75, 3.05) is 26.1 Å². The summed E-state index contributed by atoms with van der Waals surface area (Å²) in [5, 5.41) is 6.62. The molecule has 0 saturated carbocycles. The van der Waals surface area contributed by atoms with Gasteiger partial charge in [0.1, 0.15) is 0 Å². The van der Waals surface area contributed by atoms with Crippen LogP contribution in [-0.4, -0.2) is 32.9 Å². The Balaban J connectivity index is 1.88. The number of nitrogens with zero attached hydrogens (tertiary/aromatic N) is 1. The monoisotopic (exact) mass is 342 g/mol. The molecule has 1 N–H and O–H groups in total. The second-order valence-electron chi connectivity index (χ2n) is 5.49. The van der Waals surface area contributed by atoms with E-state index in [1.54, 1.807) is 26.4 Å². The number of carbonyl (C=O) groups excluding carboxylic acids is 1. The molecule has 1 amide bonds. The maximum Gasteiger partial charge on any atom is 0.265 e. The first-order valence-corrected chi connectivity index (χ1v) is 7.78. The Morgan fingerprint density at radius 2 is 1.84 bits per heavy atom. The third kappa shape index (κ3) is 5.24. The predicted molar refractivity (Wildman–Crippen MR) is 97.6 cm³/mol. The van der Waals surface area contributed by atoms with Gasteiger partial charge in [-0.15, -0.1) is 0 Å². The van der Waals surface area contributed by atoms with Crippen molar-refractivity contribution >= 4 is 17.8 Å². The van der Waals surface area contributed by atoms with Crippen molar-refractivity contribution in [2.24, 2.45) is 5.16 Å². The third-order valence-electron chi connectivity index (χ3n) is 3.55. The van der Waals surface area contributed by atoms with Crippen molar-refractivity contribution in [1.82, 2.24) is 0 Å². The molecule has 0 aromatic heterocycles. The van der Waals surface area contributed by atoms with Gasteiger partial charge in [-0.1, -0.05) is 17.3 Å². The molecular formula is C19H22N2O4. The number of carbonyl (C=O) groups is 1. The summed E-state index contributed by atoms with van der Waals surface area (Å²) in [5.41, 5.74) is 3.62. The van der Waals surface area contributed by atoms with Gasteiger partial charge in [0, 0.05) is 11.3 Å². The van der Waals surface area contributed by atoms with Gasteiger partial charge in [-0.2, -0.15) is 0 Å². The third-order valence-corrected chi connectivity index (χ3v) is 3.55. The van der Waals surface area contributed by atoms with Crippen LogP contribution in [-0.2, 0) is 9.63 Å². The Morgan fingerprint density at radius 1 is 1.08 bits per heavy atom. The average Bonchev–Trinajstić information content (AvgIpc) is 2.61. The minimum absolute atomic E-state index is 0.169. The molecule has 6 nitrogen and oxygen atoms in total. The molecule has 0 atom stereocenters. The number of ether oxygens (including phenoxy) is 2. The standard InChI is InChI=1S/C19H22N2O4/c1-13-5-6-14(2)16(9-13)21-19(22)12-25-20-11-15-7-8-17(23-3)18(10-15)24-4/h5-11H,12H2,1-4H3,(H,21,22)/b20-11-. The molecular weight excluding hydrogens is 320 g/mol. The van der Waals surface area contributed by atoms with E-state index in [0.29, 0.717) is 11.5 Å². The van der Waals surface area contributed by atoms with E-state index in [0.717, 1.165) is 22.4 Å². The van der Waals surface area contributed by atoms with E-state index in [1.807, 2.05) is 38.1 Å². The lowest BCUT2D eigenvalue weighted by atomic mass is 10.1. The highest BCUT2D eigenvalue weighted by atomic mass is 16.6. The largest absolute Gasteiger partial charge is 0.493 e. The quantitative estimate of drug-likeness (QED) is 0.619. The number of hydrogen-bond donors (Lipinski definition) is 1. The zero-order chi connectivity index (χ0) is 18.2. The lowest BCUT2D eigenvalue weighted by Crippen LogP contribution is -2.17. The van der Waals surface area contributed by atoms with E-state index in [1.165, 1.54) is 6.21 Å². The van der Waals surface area contributed by atoms with Crippen LogP contribution < -0.4 is 14.8 Å². The van der Waals surface area contributed by atoms with E-state index in [4.69, 9.17) is 14.3 Å². The molecule has 0 aliphatic heterocycles. The normalized spacial score (nSPS) is 10.6. The molecule has 6 heteroatoms. The van der Waals surface area contributed by atoms with E-state index in [9.17, 15) is 4.79 Å². The van der Waals surface area contributed by atoms with Crippen molar-refractivity contribution < 1.29 is 19.1 Å². The number of amides is 1. The number of rotatable bonds is 7. The second-order valence-corrected chi connectivity index (χ2v) is 5.49. The molecule has 2 aromatic rings. The highest BCUT2D eigenvalue weighted by Crippen LogP contribution is 2.26. The van der Waals surface area contributed by atoms with Crippen LogP contribution in [0.1, 0.15) is 16.7 Å². The highest BCUT2D eigenvalue weighted by Gasteiger charge is 2.06. The zero-order valence-electron chi connectivity index (χ0n) is 14.8. The fourth-order valence-corrected chi connectivity index (χ4v) is 2.18. The van der Waals surface area contributed by atoms with Gasteiger partial charge in [0.2, 0.25) is 0 Å². The molecule has 0 unspecified atom stereocenters. The van der Waals surface area contributed by atoms with Gasteiger partial charge in [0.05, 0.1) is 20.4 Å². The Hall–Kier alpha value is -3.02. The van der Waals surface area contributed by atoms with Crippen molar-refractivity contribution in [3.8, 4) is 11.5 Å². The molecule has 2 aromatic carbocycles. The molecule has 0 saturated heterocycles. The average molecular weight is 342 g/mol. The van der Waals surface area contributed by atoms with E-state index in [-0.39, 0.29) is 12.5 Å². The Labute approximate surface area is 147 Å². The summed E-state index contributed by atoms with van der Waals surface area (Å²) in [6, 6.07) is 11.2. The van der Waals surface area contributed by atoms with Gasteiger partial charge < -0.3 is 19.6 Å². The Kier molecular flexibility index (Phi) is 6.39. The van der Waals surface area contributed by atoms with Gasteiger partial charge in [0.25, 0.3) is 5.91 Å². The molecule has 0 spiro atoms. The molecule has 0 bridgehead atoms. The van der Waals surface area contributed by atoms with Gasteiger partial charge >= 0.3 is 0 Å². The number of aryl methyl sites for hydroxylation is 2. The van der Waals surface area contributed by atoms with E-state index < -0.39 is 0 Å². The summed E-state index contributed by atoms with van der Waals surface area (Å²) in [5.74, 6) is 0.964. The second kappa shape index (κ2) is 8.73. The Morgan fingerprint density at radius 3 is 2.56 bits per heavy atom. The summed E-state index contributed by atoms with van der Waals surface area (Å²) in [4.78, 5) is 17.0. The number of anilines is 1. The number of benzene rings is 2. The summed E-state index contributed by atoms with van der Waals surface area (Å²) >= 11 is 0. The molecule has 0 aliphatic carbocycles. The molecule has 0 fully saturated rings. The van der Waals surface area contributed by atoms with Crippen LogP contribution in [0.3, 0.4) is 0 Å². The summed E-state index contributed by atoms with van der Waals surface area (Å²) in [7, 11) is 3.14. The molecule has 0 radical (unpaired) electrons. The van der Waals surface area contributed by atoms with E-state index >= 15 is 0 Å². The van der Waals surface area contributed by atoms with Crippen LogP contribution in [0.4, 0.5) is 5.69 Å². The summed E-state index contributed by atoms with van der Waals surface area (Å²) in [6.07, 6.45) is 1.51. The first kappa shape index (κ1) is 18.3. The summed E-state index contributed by atoms with van der Waals surface area (Å²) < 4.78 is 10.4. The van der Waals surface area contributed by atoms with Crippen molar-refractivity contribution in [3.63, 3.8) is 0 Å². The number of methoxy groups -OCH3 is 2. The van der Waals surface area contributed by atoms with Crippen LogP contribution in [0, 0.1) is 13.8 Å². The SMILES string of the molecule is COc1ccc(/C=N\OCC(=O)Nc2cc(C)ccc2C)cc1OC. The zero-order valence-corrected chi connectivity index (χ0v) is 14.8. The maximum absolute atomic E-state index is 11.9. The van der Waals surface area contributed by atoms with E-state index in [2.05, 4.69) is 10.5 Å². The molecule has 0 heterocycles. The topological polar surface area (TPSA) is 69.2 Å². The molecule has 0 aliphatic rings. The summed E-state index contributed by atoms with van der Waals surface area (Å²) in [6.45, 7) is 3.74. The first-order chi connectivity index (χ1) is 12.0. The smallest absolute Gasteiger partial charge is 0.265 e. The minimum atomic E-state index is -0.266. The lowest BCUT2D eigenvalue weighted by molar-refractivity contribution is -0.120. The first-order valence-electron chi connectivity index (χ1n) is 7.78. The molecule has 2 rings (SSSR count). The number of hydrogen-bond acceptors (Lipinski definition) is 5. The van der Waals surface area contributed by atoms with Crippen LogP contribution >= 0.6 is 0 Å².